The van der Waals surface area contributed by atoms with E-state index < -0.39 is 15.0 Å². The van der Waals surface area contributed by atoms with Gasteiger partial charge in [0.1, 0.15) is 0 Å². The first-order chi connectivity index (χ1) is 3.95. The zero-order valence-electron chi connectivity index (χ0n) is 4.67. The van der Waals surface area contributed by atoms with Crippen LogP contribution in [0.15, 0.2) is 0 Å². The Hall–Kier alpha value is -0.430. The van der Waals surface area contributed by atoms with Crippen molar-refractivity contribution in [2.24, 2.45) is 0 Å². The quantitative estimate of drug-likeness (QED) is 0.322. The average Bonchev–Trinajstić information content (AvgIpc) is 1.62. The van der Waals surface area contributed by atoms with Crippen LogP contribution >= 0.6 is 11.7 Å². The second-order valence-corrected chi connectivity index (χ2v) is 4.01. The molecule has 0 bridgehead atoms. The van der Waals surface area contributed by atoms with Crippen LogP contribution in [0.25, 0.3) is 0 Å². The lowest BCUT2D eigenvalue weighted by Gasteiger charge is -2.00. The summed E-state index contributed by atoms with van der Waals surface area (Å²) in [7, 11) is -1.85. The summed E-state index contributed by atoms with van der Waals surface area (Å²) >= 11 is 3.27. The fourth-order valence-corrected chi connectivity index (χ4v) is 0.779. The standard InChI is InChI=1S/C2H7N3O2S2/c1-4-2(6)5-9(3,7)8/h1H3,(H4,3,4,5,6,7,8). The van der Waals surface area contributed by atoms with Crippen molar-refractivity contribution in [2.45, 2.75) is 0 Å². The summed E-state index contributed by atoms with van der Waals surface area (Å²) in [4.78, 5) is 10.3. The minimum Gasteiger partial charge on any atom is -0.340 e. The molecule has 0 aliphatic heterocycles. The molecule has 5 nitrogen and oxygen atoms in total. The van der Waals surface area contributed by atoms with Crippen LogP contribution < -0.4 is 10.0 Å². The third-order valence-corrected chi connectivity index (χ3v) is 1.19. The number of hydrogen-bond donors (Lipinski definition) is 4. The van der Waals surface area contributed by atoms with E-state index in [0.29, 0.717) is 0 Å². The van der Waals surface area contributed by atoms with Gasteiger partial charge < -0.3 is 5.32 Å². The van der Waals surface area contributed by atoms with Crippen LogP contribution in [0.1, 0.15) is 0 Å². The molecule has 2 amide bonds. The van der Waals surface area contributed by atoms with Crippen LogP contribution in [0.2, 0.25) is 0 Å². The molecule has 0 radical (unpaired) electrons. The highest BCUT2D eigenvalue weighted by Gasteiger charge is 2.00. The zero-order valence-corrected chi connectivity index (χ0v) is 6.38. The molecular weight excluding hydrogens is 162 g/mol. The topological polar surface area (TPSA) is 82.1 Å². The number of carbonyl (C=O) groups excluding carboxylic acids is 1. The minimum absolute atomic E-state index is 0.676. The van der Waals surface area contributed by atoms with Gasteiger partial charge >= 0.3 is 6.03 Å². The minimum atomic E-state index is -3.20. The lowest BCUT2D eigenvalue weighted by Crippen LogP contribution is -2.34. The number of nitrogens with one attached hydrogen (secondary N) is 3. The smallest absolute Gasteiger partial charge is 0.327 e. The Balaban J connectivity index is 3.91. The van der Waals surface area contributed by atoms with E-state index in [1.165, 1.54) is 7.05 Å². The maximum Gasteiger partial charge on any atom is 0.327 e. The summed E-state index contributed by atoms with van der Waals surface area (Å²) in [5, 5.41) is 2.12. The van der Waals surface area contributed by atoms with Gasteiger partial charge in [-0.3, -0.25) is 0 Å². The molecule has 0 aromatic rings. The molecule has 0 aromatic carbocycles. The van der Waals surface area contributed by atoms with E-state index in [9.17, 15) is 9.00 Å². The maximum atomic E-state index is 10.3. The van der Waals surface area contributed by atoms with E-state index in [-0.39, 0.29) is 0 Å². The lowest BCUT2D eigenvalue weighted by molar-refractivity contribution is 0.248. The Bertz CT molecular complexity index is 196. The Morgan fingerprint density at radius 2 is 2.22 bits per heavy atom. The summed E-state index contributed by atoms with van der Waals surface area (Å²) in [6, 6.07) is -0.676. The maximum absolute atomic E-state index is 10.3. The molecule has 0 saturated carbocycles. The van der Waals surface area contributed by atoms with E-state index >= 15 is 0 Å². The van der Waals surface area contributed by atoms with Crippen molar-refractivity contribution in [2.75, 3.05) is 7.05 Å². The normalized spacial score (nSPS) is 15.8. The Kier molecular flexibility index (Phi) is 2.78. The van der Waals surface area contributed by atoms with Crippen molar-refractivity contribution >= 4 is 26.6 Å². The van der Waals surface area contributed by atoms with Gasteiger partial charge in [0.2, 0.25) is 0 Å². The number of thiol groups is 1. The molecule has 3 N–H and O–H groups in total. The number of urea groups is 1. The van der Waals surface area contributed by atoms with E-state index in [4.69, 9.17) is 4.78 Å². The van der Waals surface area contributed by atoms with Crippen LogP contribution in [-0.2, 0) is 8.95 Å². The second kappa shape index (κ2) is 2.92. The first kappa shape index (κ1) is 8.57. The summed E-state index contributed by atoms with van der Waals surface area (Å²) in [5.74, 6) is 0. The van der Waals surface area contributed by atoms with Crippen molar-refractivity contribution in [1.29, 1.82) is 4.78 Å². The molecule has 9 heavy (non-hydrogen) atoms. The summed E-state index contributed by atoms with van der Waals surface area (Å²) in [6.45, 7) is 0. The van der Waals surface area contributed by atoms with E-state index in [1.54, 1.807) is 4.72 Å². The van der Waals surface area contributed by atoms with Crippen molar-refractivity contribution in [3.63, 3.8) is 0 Å². The Labute approximate surface area is 58.1 Å². The highest BCUT2D eigenvalue weighted by Crippen LogP contribution is 1.87. The van der Waals surface area contributed by atoms with Crippen LogP contribution in [0.5, 0.6) is 0 Å². The highest BCUT2D eigenvalue weighted by atomic mass is 33.1. The molecule has 0 fully saturated rings. The van der Waals surface area contributed by atoms with Crippen LogP contribution in [0.3, 0.4) is 0 Å². The molecule has 1 unspecified atom stereocenters. The first-order valence-corrected chi connectivity index (χ1v) is 4.57. The first-order valence-electron chi connectivity index (χ1n) is 1.96. The molecule has 0 saturated heterocycles. The zero-order chi connectivity index (χ0) is 7.49. The lowest BCUT2D eigenvalue weighted by atomic mass is 11.0. The van der Waals surface area contributed by atoms with Crippen LogP contribution in [-0.4, -0.2) is 17.3 Å². The van der Waals surface area contributed by atoms with Gasteiger partial charge in [-0.05, 0) is 11.7 Å². The fraction of sp³-hybridized carbons (Fsp3) is 0.500. The van der Waals surface area contributed by atoms with Gasteiger partial charge in [-0.25, -0.2) is 18.5 Å². The second-order valence-electron chi connectivity index (χ2n) is 1.21. The van der Waals surface area contributed by atoms with E-state index in [2.05, 4.69) is 17.0 Å². The largest absolute Gasteiger partial charge is 0.340 e. The van der Waals surface area contributed by atoms with Gasteiger partial charge in [-0.1, -0.05) is 0 Å². The predicted octanol–water partition coefficient (Wildman–Crippen LogP) is -0.278. The summed E-state index contributed by atoms with van der Waals surface area (Å²) in [5.41, 5.74) is 0. The van der Waals surface area contributed by atoms with Crippen LogP contribution in [0, 0.1) is 4.78 Å². The van der Waals surface area contributed by atoms with Crippen molar-refractivity contribution in [3.8, 4) is 0 Å². The van der Waals surface area contributed by atoms with Gasteiger partial charge in [0.05, 0.1) is 0 Å². The molecular formula is C2H7N3O2S2. The molecule has 7 heteroatoms. The summed E-state index contributed by atoms with van der Waals surface area (Å²) in [6.07, 6.45) is 0. The molecule has 0 aliphatic carbocycles. The number of amides is 2. The summed E-state index contributed by atoms with van der Waals surface area (Å²) < 4.78 is 18.7. The molecule has 1 atom stereocenters. The van der Waals surface area contributed by atoms with Gasteiger partial charge in [-0.15, -0.1) is 0 Å². The van der Waals surface area contributed by atoms with Crippen molar-refractivity contribution in [3.05, 3.63) is 0 Å². The Morgan fingerprint density at radius 1 is 1.78 bits per heavy atom. The number of rotatable bonds is 1. The molecule has 0 aromatic heterocycles. The Morgan fingerprint density at radius 3 is 2.33 bits per heavy atom. The number of hydrogen-bond acceptors (Lipinski definition) is 3. The molecule has 0 spiro atoms. The van der Waals surface area contributed by atoms with Crippen molar-refractivity contribution in [1.82, 2.24) is 10.0 Å². The van der Waals surface area contributed by atoms with Gasteiger partial charge in [0.15, 0.2) is 8.95 Å². The molecule has 0 rings (SSSR count). The van der Waals surface area contributed by atoms with Gasteiger partial charge in [0, 0.05) is 7.05 Å². The third-order valence-electron chi connectivity index (χ3n) is 0.458. The van der Waals surface area contributed by atoms with Crippen LogP contribution in [0.4, 0.5) is 4.79 Å². The fourth-order valence-electron chi connectivity index (χ4n) is 0.177. The third kappa shape index (κ3) is 5.44. The van der Waals surface area contributed by atoms with Gasteiger partial charge in [-0.2, -0.15) is 0 Å². The average molecular weight is 169 g/mol. The highest BCUT2D eigenvalue weighted by molar-refractivity contribution is 8.63. The predicted molar refractivity (Wildman–Crippen MR) is 37.4 cm³/mol. The molecule has 0 heterocycles. The molecule has 54 valence electrons. The van der Waals surface area contributed by atoms with Crippen molar-refractivity contribution < 1.29 is 9.00 Å². The van der Waals surface area contributed by atoms with Gasteiger partial charge in [0.25, 0.3) is 0 Å². The number of carbonyl (C=O) groups is 1. The van der Waals surface area contributed by atoms with E-state index in [0.717, 1.165) is 0 Å². The van der Waals surface area contributed by atoms with E-state index in [1.807, 2.05) is 0 Å². The SMILES string of the molecule is CNC(=O)NS(=N)(=O)S. The monoisotopic (exact) mass is 169 g/mol. The molecule has 0 aliphatic rings.